The highest BCUT2D eigenvalue weighted by Crippen LogP contribution is 2.23. The van der Waals surface area contributed by atoms with Crippen molar-refractivity contribution in [1.82, 2.24) is 24.6 Å². The third-order valence-electron chi connectivity index (χ3n) is 6.23. The zero-order valence-corrected chi connectivity index (χ0v) is 18.8. The van der Waals surface area contributed by atoms with E-state index in [0.29, 0.717) is 26.2 Å². The predicted octanol–water partition coefficient (Wildman–Crippen LogP) is 2.84. The number of carbonyl (C=O) groups is 2. The van der Waals surface area contributed by atoms with E-state index in [9.17, 15) is 9.59 Å². The van der Waals surface area contributed by atoms with Crippen LogP contribution in [-0.2, 0) is 16.1 Å². The number of para-hydroxylation sites is 1. The van der Waals surface area contributed by atoms with E-state index in [1.54, 1.807) is 22.0 Å². The Labute approximate surface area is 197 Å². The zero-order chi connectivity index (χ0) is 23.3. The summed E-state index contributed by atoms with van der Waals surface area (Å²) in [7, 11) is 0. The van der Waals surface area contributed by atoms with E-state index in [4.69, 9.17) is 9.47 Å². The van der Waals surface area contributed by atoms with Gasteiger partial charge in [-0.05, 0) is 43.2 Å². The lowest BCUT2D eigenvalue weighted by Crippen LogP contribution is -2.48. The van der Waals surface area contributed by atoms with Crippen molar-refractivity contribution in [2.75, 3.05) is 26.2 Å². The van der Waals surface area contributed by atoms with Crippen molar-refractivity contribution in [2.24, 2.45) is 0 Å². The number of rotatable bonds is 7. The summed E-state index contributed by atoms with van der Waals surface area (Å²) in [6, 6.07) is 15.2. The molecule has 0 saturated carbocycles. The standard InChI is InChI=1S/C25H27N5O4/c31-24(17-29-14-10-23(27-29)19-5-4-11-26-15-19)28-12-8-20(9-13-28)30-16-22(34-25(30)32)18-33-21-6-2-1-3-7-21/h1-7,10-11,14-15,20,22H,8-9,12-13,16-18H2. The molecule has 0 N–H and O–H groups in total. The van der Waals surface area contributed by atoms with E-state index < -0.39 is 0 Å². The molecule has 9 nitrogen and oxygen atoms in total. The van der Waals surface area contributed by atoms with Gasteiger partial charge in [0.2, 0.25) is 5.91 Å². The molecule has 9 heteroatoms. The van der Waals surface area contributed by atoms with E-state index in [1.165, 1.54) is 0 Å². The van der Waals surface area contributed by atoms with E-state index >= 15 is 0 Å². The quantitative estimate of drug-likeness (QED) is 0.538. The fraction of sp³-hybridized carbons (Fsp3) is 0.360. The molecular weight excluding hydrogens is 434 g/mol. The summed E-state index contributed by atoms with van der Waals surface area (Å²) in [4.78, 5) is 33.0. The SMILES string of the molecule is O=C(Cn1ccc(-c2cccnc2)n1)N1CCC(N2CC(COc3ccccc3)OC2=O)CC1. The Kier molecular flexibility index (Phi) is 6.42. The number of cyclic esters (lactones) is 1. The fourth-order valence-corrected chi connectivity index (χ4v) is 4.42. The predicted molar refractivity (Wildman–Crippen MR) is 124 cm³/mol. The van der Waals surface area contributed by atoms with Crippen LogP contribution in [-0.4, -0.2) is 75.0 Å². The maximum atomic E-state index is 12.8. The monoisotopic (exact) mass is 461 g/mol. The molecule has 4 heterocycles. The summed E-state index contributed by atoms with van der Waals surface area (Å²) < 4.78 is 12.9. The first-order valence-corrected chi connectivity index (χ1v) is 11.5. The molecule has 1 atom stereocenters. The zero-order valence-electron chi connectivity index (χ0n) is 18.8. The number of carbonyl (C=O) groups excluding carboxylic acids is 2. The van der Waals surface area contributed by atoms with Crippen LogP contribution in [0.5, 0.6) is 5.75 Å². The summed E-state index contributed by atoms with van der Waals surface area (Å²) in [6.07, 6.45) is 6.15. The van der Waals surface area contributed by atoms with Crippen LogP contribution < -0.4 is 4.74 Å². The minimum Gasteiger partial charge on any atom is -0.490 e. The number of ether oxygens (including phenoxy) is 2. The Morgan fingerprint density at radius 3 is 2.68 bits per heavy atom. The van der Waals surface area contributed by atoms with Gasteiger partial charge in [0.15, 0.2) is 6.10 Å². The van der Waals surface area contributed by atoms with E-state index in [0.717, 1.165) is 29.8 Å². The fourth-order valence-electron chi connectivity index (χ4n) is 4.42. The maximum Gasteiger partial charge on any atom is 0.410 e. The third-order valence-corrected chi connectivity index (χ3v) is 6.23. The van der Waals surface area contributed by atoms with Gasteiger partial charge < -0.3 is 19.3 Å². The number of nitrogens with zero attached hydrogens (tertiary/aromatic N) is 5. The Morgan fingerprint density at radius 1 is 1.09 bits per heavy atom. The average Bonchev–Trinajstić information content (AvgIpc) is 3.50. The highest BCUT2D eigenvalue weighted by Gasteiger charge is 2.38. The van der Waals surface area contributed by atoms with Crippen LogP contribution in [0.25, 0.3) is 11.3 Å². The van der Waals surface area contributed by atoms with Crippen molar-refractivity contribution in [2.45, 2.75) is 31.5 Å². The Bertz CT molecular complexity index is 1110. The Balaban J connectivity index is 1.09. The van der Waals surface area contributed by atoms with E-state index in [1.807, 2.05) is 59.6 Å². The molecule has 2 fully saturated rings. The number of benzene rings is 1. The molecule has 0 radical (unpaired) electrons. The lowest BCUT2D eigenvalue weighted by molar-refractivity contribution is -0.133. The Morgan fingerprint density at radius 2 is 1.91 bits per heavy atom. The first-order valence-electron chi connectivity index (χ1n) is 11.5. The maximum absolute atomic E-state index is 12.8. The molecule has 0 bridgehead atoms. The van der Waals surface area contributed by atoms with Crippen LogP contribution in [0.3, 0.4) is 0 Å². The molecule has 3 aromatic rings. The molecule has 176 valence electrons. The van der Waals surface area contributed by atoms with Crippen molar-refractivity contribution in [3.63, 3.8) is 0 Å². The molecule has 5 rings (SSSR count). The number of amides is 2. The summed E-state index contributed by atoms with van der Waals surface area (Å²) >= 11 is 0. The molecule has 34 heavy (non-hydrogen) atoms. The van der Waals surface area contributed by atoms with Gasteiger partial charge in [-0.2, -0.15) is 5.10 Å². The van der Waals surface area contributed by atoms with Crippen LogP contribution in [0.4, 0.5) is 4.79 Å². The van der Waals surface area contributed by atoms with Crippen molar-refractivity contribution in [1.29, 1.82) is 0 Å². The topological polar surface area (TPSA) is 89.8 Å². The van der Waals surface area contributed by atoms with E-state index in [2.05, 4.69) is 10.1 Å². The van der Waals surface area contributed by atoms with Gasteiger partial charge in [-0.3, -0.25) is 14.5 Å². The number of piperidine rings is 1. The van der Waals surface area contributed by atoms with Gasteiger partial charge in [-0.25, -0.2) is 4.79 Å². The van der Waals surface area contributed by atoms with Crippen molar-refractivity contribution >= 4 is 12.0 Å². The van der Waals surface area contributed by atoms with E-state index in [-0.39, 0.29) is 30.7 Å². The molecule has 2 aliphatic heterocycles. The molecule has 1 unspecified atom stereocenters. The first kappa shape index (κ1) is 21.9. The van der Waals surface area contributed by atoms with Crippen LogP contribution >= 0.6 is 0 Å². The van der Waals surface area contributed by atoms with Crippen LogP contribution in [0.1, 0.15) is 12.8 Å². The first-order chi connectivity index (χ1) is 16.7. The van der Waals surface area contributed by atoms with Crippen LogP contribution in [0.15, 0.2) is 67.1 Å². The Hall–Kier alpha value is -3.88. The second-order valence-electron chi connectivity index (χ2n) is 8.53. The van der Waals surface area contributed by atoms with Gasteiger partial charge in [0.05, 0.1) is 12.2 Å². The number of hydrogen-bond acceptors (Lipinski definition) is 6. The lowest BCUT2D eigenvalue weighted by atomic mass is 10.0. The molecule has 0 aliphatic carbocycles. The summed E-state index contributed by atoms with van der Waals surface area (Å²) in [5.41, 5.74) is 1.71. The summed E-state index contributed by atoms with van der Waals surface area (Å²) in [5.74, 6) is 0.783. The van der Waals surface area contributed by atoms with Gasteiger partial charge in [-0.15, -0.1) is 0 Å². The minimum atomic E-state index is -0.300. The third kappa shape index (κ3) is 5.03. The minimum absolute atomic E-state index is 0.0254. The second kappa shape index (κ2) is 9.94. The molecular formula is C25H27N5O4. The number of likely N-dealkylation sites (tertiary alicyclic amines) is 1. The number of pyridine rings is 1. The lowest BCUT2D eigenvalue weighted by Gasteiger charge is -2.35. The second-order valence-corrected chi connectivity index (χ2v) is 8.53. The normalized spacial score (nSPS) is 18.7. The highest BCUT2D eigenvalue weighted by atomic mass is 16.6. The van der Waals surface area contributed by atoms with Gasteiger partial charge in [0.1, 0.15) is 18.9 Å². The van der Waals surface area contributed by atoms with Crippen LogP contribution in [0.2, 0.25) is 0 Å². The largest absolute Gasteiger partial charge is 0.490 e. The molecule has 0 spiro atoms. The van der Waals surface area contributed by atoms with Gasteiger partial charge in [0.25, 0.3) is 0 Å². The highest BCUT2D eigenvalue weighted by molar-refractivity contribution is 5.76. The van der Waals surface area contributed by atoms with Crippen molar-refractivity contribution < 1.29 is 19.1 Å². The molecule has 2 aliphatic rings. The average molecular weight is 462 g/mol. The van der Waals surface area contributed by atoms with Crippen molar-refractivity contribution in [3.8, 4) is 17.0 Å². The number of hydrogen-bond donors (Lipinski definition) is 0. The molecule has 2 amide bonds. The van der Waals surface area contributed by atoms with Crippen LogP contribution in [0, 0.1) is 0 Å². The van der Waals surface area contributed by atoms with Crippen molar-refractivity contribution in [3.05, 3.63) is 67.1 Å². The molecule has 2 aromatic heterocycles. The van der Waals surface area contributed by atoms with Gasteiger partial charge in [0, 0.05) is 43.3 Å². The summed E-state index contributed by atoms with van der Waals surface area (Å²) in [6.45, 7) is 2.24. The smallest absolute Gasteiger partial charge is 0.410 e. The molecule has 2 saturated heterocycles. The van der Waals surface area contributed by atoms with Gasteiger partial charge >= 0.3 is 6.09 Å². The summed E-state index contributed by atoms with van der Waals surface area (Å²) in [5, 5.41) is 4.50. The van der Waals surface area contributed by atoms with Gasteiger partial charge in [-0.1, -0.05) is 18.2 Å². The number of aromatic nitrogens is 3. The molecule has 1 aromatic carbocycles.